The van der Waals surface area contributed by atoms with Gasteiger partial charge in [0.05, 0.1) is 11.0 Å². The summed E-state index contributed by atoms with van der Waals surface area (Å²) in [7, 11) is 0. The molecular formula is C51H30N4OS. The third kappa shape index (κ3) is 5.12. The first-order valence-corrected chi connectivity index (χ1v) is 19.8. The molecule has 4 heterocycles. The topological polar surface area (TPSA) is 56.7 Å². The van der Waals surface area contributed by atoms with Crippen LogP contribution in [0.4, 0.5) is 0 Å². The van der Waals surface area contributed by atoms with Crippen molar-refractivity contribution >= 4 is 75.3 Å². The van der Waals surface area contributed by atoms with Crippen LogP contribution in [0.2, 0.25) is 0 Å². The van der Waals surface area contributed by atoms with Gasteiger partial charge in [-0.05, 0) is 65.7 Å². The van der Waals surface area contributed by atoms with Gasteiger partial charge in [-0.25, -0.2) is 15.0 Å². The van der Waals surface area contributed by atoms with Crippen LogP contribution in [0.15, 0.2) is 186 Å². The van der Waals surface area contributed by atoms with Gasteiger partial charge < -0.3 is 8.98 Å². The van der Waals surface area contributed by atoms with E-state index in [1.165, 1.54) is 36.5 Å². The first-order chi connectivity index (χ1) is 28.2. The maximum Gasteiger partial charge on any atom is 0.164 e. The number of nitrogens with zero attached hydrogens (tertiary/aromatic N) is 4. The summed E-state index contributed by atoms with van der Waals surface area (Å²) in [4.78, 5) is 15.3. The number of furan rings is 1. The highest BCUT2D eigenvalue weighted by Crippen LogP contribution is 2.42. The van der Waals surface area contributed by atoms with Crippen LogP contribution in [0.3, 0.4) is 0 Å². The monoisotopic (exact) mass is 746 g/mol. The Balaban J connectivity index is 1.03. The number of para-hydroxylation sites is 1. The summed E-state index contributed by atoms with van der Waals surface area (Å²) in [5.41, 5.74) is 9.97. The second-order valence-electron chi connectivity index (χ2n) is 14.4. The molecule has 0 aliphatic carbocycles. The minimum absolute atomic E-state index is 0.582. The molecule has 266 valence electrons. The lowest BCUT2D eigenvalue weighted by atomic mass is 9.99. The molecule has 12 aromatic rings. The zero-order valence-electron chi connectivity index (χ0n) is 30.4. The van der Waals surface area contributed by atoms with Gasteiger partial charge in [-0.2, -0.15) is 0 Å². The van der Waals surface area contributed by atoms with Gasteiger partial charge in [0.1, 0.15) is 11.2 Å². The maximum atomic E-state index is 6.51. The summed E-state index contributed by atoms with van der Waals surface area (Å²) in [6.45, 7) is 0. The molecule has 0 saturated heterocycles. The Bertz CT molecular complexity index is 3530. The molecule has 57 heavy (non-hydrogen) atoms. The van der Waals surface area contributed by atoms with Gasteiger partial charge in [0.25, 0.3) is 0 Å². The summed E-state index contributed by atoms with van der Waals surface area (Å²) >= 11 is 1.85. The number of thiophene rings is 1. The first kappa shape index (κ1) is 31.9. The van der Waals surface area contributed by atoms with E-state index >= 15 is 0 Å². The molecule has 0 N–H and O–H groups in total. The molecular weight excluding hydrogens is 717 g/mol. The second-order valence-corrected chi connectivity index (χ2v) is 15.5. The summed E-state index contributed by atoms with van der Waals surface area (Å²) < 4.78 is 11.5. The van der Waals surface area contributed by atoms with Crippen LogP contribution in [0.25, 0.3) is 115 Å². The molecule has 0 atom stereocenters. The van der Waals surface area contributed by atoms with Crippen molar-refractivity contribution in [3.05, 3.63) is 182 Å². The van der Waals surface area contributed by atoms with Crippen molar-refractivity contribution in [3.63, 3.8) is 0 Å². The Hall–Kier alpha value is -7.41. The van der Waals surface area contributed by atoms with Crippen LogP contribution in [0.5, 0.6) is 0 Å². The highest BCUT2D eigenvalue weighted by Gasteiger charge is 2.19. The van der Waals surface area contributed by atoms with Crippen molar-refractivity contribution in [1.82, 2.24) is 19.5 Å². The summed E-state index contributed by atoms with van der Waals surface area (Å²) in [5, 5.41) is 7.17. The Morgan fingerprint density at radius 1 is 0.386 bits per heavy atom. The minimum Gasteiger partial charge on any atom is -0.456 e. The van der Waals surface area contributed by atoms with E-state index in [1.54, 1.807) is 0 Å². The lowest BCUT2D eigenvalue weighted by Crippen LogP contribution is -2.01. The molecule has 0 saturated carbocycles. The van der Waals surface area contributed by atoms with E-state index in [2.05, 4.69) is 144 Å². The molecule has 6 heteroatoms. The van der Waals surface area contributed by atoms with Gasteiger partial charge in [0.15, 0.2) is 17.5 Å². The predicted molar refractivity (Wildman–Crippen MR) is 236 cm³/mol. The molecule has 0 amide bonds. The van der Waals surface area contributed by atoms with Crippen molar-refractivity contribution in [2.75, 3.05) is 0 Å². The fourth-order valence-electron chi connectivity index (χ4n) is 8.42. The fourth-order valence-corrected chi connectivity index (χ4v) is 9.55. The van der Waals surface area contributed by atoms with Crippen molar-refractivity contribution in [2.24, 2.45) is 0 Å². The second kappa shape index (κ2) is 12.6. The van der Waals surface area contributed by atoms with Crippen LogP contribution in [-0.2, 0) is 0 Å². The number of aromatic nitrogens is 4. The Morgan fingerprint density at radius 2 is 1.05 bits per heavy atom. The first-order valence-electron chi connectivity index (χ1n) is 19.0. The molecule has 0 radical (unpaired) electrons. The summed E-state index contributed by atoms with van der Waals surface area (Å²) in [5.74, 6) is 1.79. The highest BCUT2D eigenvalue weighted by molar-refractivity contribution is 7.25. The van der Waals surface area contributed by atoms with Crippen LogP contribution in [0.1, 0.15) is 0 Å². The number of hydrogen-bond acceptors (Lipinski definition) is 5. The zero-order valence-corrected chi connectivity index (χ0v) is 31.2. The average Bonchev–Trinajstić information content (AvgIpc) is 3.95. The standard InChI is InChI=1S/C51H30N4OS/c1-3-13-31(14-4-1)36-21-12-23-44-48(36)39-26-25-34(28-45(39)56-44)51-53-49(32-15-5-2-6-16-32)52-50(54-51)33-17-11-18-35(27-33)55-42-22-9-7-19-37(42)40-30-47-41(29-43(40)55)38-20-8-10-24-46(38)57-47/h1-30H. The van der Waals surface area contributed by atoms with Crippen molar-refractivity contribution in [3.8, 4) is 51.0 Å². The van der Waals surface area contributed by atoms with Crippen LogP contribution in [0, 0.1) is 0 Å². The average molecular weight is 747 g/mol. The zero-order chi connectivity index (χ0) is 37.5. The molecule has 0 bridgehead atoms. The number of rotatable bonds is 5. The van der Waals surface area contributed by atoms with Crippen molar-refractivity contribution in [1.29, 1.82) is 0 Å². The Morgan fingerprint density at radius 3 is 1.88 bits per heavy atom. The van der Waals surface area contributed by atoms with Crippen LogP contribution in [-0.4, -0.2) is 19.5 Å². The van der Waals surface area contributed by atoms with E-state index in [4.69, 9.17) is 19.4 Å². The van der Waals surface area contributed by atoms with E-state index in [0.717, 1.165) is 61.0 Å². The number of fused-ring (bicyclic) bond motifs is 9. The third-order valence-electron chi connectivity index (χ3n) is 11.0. The third-order valence-corrected chi connectivity index (χ3v) is 12.2. The minimum atomic E-state index is 0.582. The van der Waals surface area contributed by atoms with E-state index in [-0.39, 0.29) is 0 Å². The van der Waals surface area contributed by atoms with Gasteiger partial charge >= 0.3 is 0 Å². The lowest BCUT2D eigenvalue weighted by molar-refractivity contribution is 0.669. The van der Waals surface area contributed by atoms with Gasteiger partial charge in [0, 0.05) is 64.1 Å². The van der Waals surface area contributed by atoms with Gasteiger partial charge in [-0.3, -0.25) is 0 Å². The van der Waals surface area contributed by atoms with E-state index in [0.29, 0.717) is 17.5 Å². The van der Waals surface area contributed by atoms with Gasteiger partial charge in [-0.15, -0.1) is 11.3 Å². The largest absolute Gasteiger partial charge is 0.456 e. The summed E-state index contributed by atoms with van der Waals surface area (Å²) in [6.07, 6.45) is 0. The van der Waals surface area contributed by atoms with Crippen LogP contribution >= 0.6 is 11.3 Å². The molecule has 0 aliphatic rings. The highest BCUT2D eigenvalue weighted by atomic mass is 32.1. The number of hydrogen-bond donors (Lipinski definition) is 0. The van der Waals surface area contributed by atoms with E-state index < -0.39 is 0 Å². The van der Waals surface area contributed by atoms with E-state index in [1.807, 2.05) is 53.8 Å². The molecule has 0 aliphatic heterocycles. The molecule has 12 rings (SSSR count). The smallest absolute Gasteiger partial charge is 0.164 e. The molecule has 8 aromatic carbocycles. The van der Waals surface area contributed by atoms with E-state index in [9.17, 15) is 0 Å². The molecule has 4 aromatic heterocycles. The molecule has 0 spiro atoms. The summed E-state index contributed by atoms with van der Waals surface area (Å²) in [6, 6.07) is 63.7. The van der Waals surface area contributed by atoms with Crippen molar-refractivity contribution < 1.29 is 4.42 Å². The normalized spacial score (nSPS) is 11.9. The maximum absolute atomic E-state index is 6.51. The Kier molecular flexibility index (Phi) is 7.03. The SMILES string of the molecule is c1ccc(-c2nc(-c3cccc(-n4c5ccccc5c5cc6sc7ccccc7c6cc54)c3)nc(-c3ccc4c(c3)oc3cccc(-c5ccccc5)c34)n2)cc1. The van der Waals surface area contributed by atoms with Crippen LogP contribution < -0.4 is 0 Å². The number of benzene rings is 8. The van der Waals surface area contributed by atoms with Gasteiger partial charge in [-0.1, -0.05) is 127 Å². The molecule has 0 unspecified atom stereocenters. The molecule has 0 fully saturated rings. The quantitative estimate of drug-likeness (QED) is 0.176. The van der Waals surface area contributed by atoms with Crippen molar-refractivity contribution in [2.45, 2.75) is 0 Å². The molecule has 5 nitrogen and oxygen atoms in total. The predicted octanol–water partition coefficient (Wildman–Crippen LogP) is 13.9. The van der Waals surface area contributed by atoms with Gasteiger partial charge in [0.2, 0.25) is 0 Å². The fraction of sp³-hybridized carbons (Fsp3) is 0. The Labute approximate surface area is 330 Å². The lowest BCUT2D eigenvalue weighted by Gasteiger charge is -2.12.